The van der Waals surface area contributed by atoms with Gasteiger partial charge in [0.15, 0.2) is 0 Å². The highest BCUT2D eigenvalue weighted by Crippen LogP contribution is 2.27. The van der Waals surface area contributed by atoms with Crippen molar-refractivity contribution in [1.29, 1.82) is 0 Å². The summed E-state index contributed by atoms with van der Waals surface area (Å²) in [5.74, 6) is 0.736. The second-order valence-corrected chi connectivity index (χ2v) is 8.75. The van der Waals surface area contributed by atoms with Crippen LogP contribution >= 0.6 is 0 Å². The summed E-state index contributed by atoms with van der Waals surface area (Å²) in [7, 11) is -3.15. The second-order valence-electron chi connectivity index (χ2n) is 6.73. The van der Waals surface area contributed by atoms with Gasteiger partial charge in [-0.05, 0) is 43.4 Å². The average molecular weight is 340 g/mol. The van der Waals surface area contributed by atoms with E-state index < -0.39 is 10.0 Å². The van der Waals surface area contributed by atoms with Gasteiger partial charge in [-0.2, -0.15) is 0 Å². The molecule has 1 fully saturated rings. The van der Waals surface area contributed by atoms with Gasteiger partial charge in [-0.25, -0.2) is 8.42 Å². The number of rotatable bonds is 7. The molecule has 6 heteroatoms. The van der Waals surface area contributed by atoms with Gasteiger partial charge < -0.3 is 10.4 Å². The molecule has 0 radical (unpaired) electrons. The first-order valence-electron chi connectivity index (χ1n) is 8.30. The molecule has 0 aliphatic carbocycles. The molecule has 1 aliphatic rings. The van der Waals surface area contributed by atoms with Crippen molar-refractivity contribution >= 4 is 15.7 Å². The smallest absolute Gasteiger partial charge is 0.235 e. The number of aliphatic hydroxyl groups excluding tert-OH is 1. The second kappa shape index (κ2) is 7.64. The number of benzene rings is 1. The van der Waals surface area contributed by atoms with E-state index in [2.05, 4.69) is 19.2 Å². The number of anilines is 1. The summed E-state index contributed by atoms with van der Waals surface area (Å²) in [5.41, 5.74) is 1.77. The molecule has 0 aromatic heterocycles. The lowest BCUT2D eigenvalue weighted by Crippen LogP contribution is -2.35. The molecule has 5 nitrogen and oxygen atoms in total. The third-order valence-electron chi connectivity index (χ3n) is 4.22. The van der Waals surface area contributed by atoms with E-state index in [0.29, 0.717) is 18.9 Å². The molecule has 2 rings (SSSR count). The van der Waals surface area contributed by atoms with Gasteiger partial charge in [-0.1, -0.05) is 26.0 Å². The average Bonchev–Trinajstić information content (AvgIpc) is 2.85. The molecule has 23 heavy (non-hydrogen) atoms. The molecule has 0 spiro atoms. The van der Waals surface area contributed by atoms with Crippen molar-refractivity contribution in [3.05, 3.63) is 29.8 Å². The van der Waals surface area contributed by atoms with Crippen LogP contribution < -0.4 is 9.62 Å². The minimum Gasteiger partial charge on any atom is -0.395 e. The number of hydrogen-bond acceptors (Lipinski definition) is 4. The lowest BCUT2D eigenvalue weighted by molar-refractivity contribution is 0.215. The Hall–Kier alpha value is -1.11. The van der Waals surface area contributed by atoms with E-state index in [1.165, 1.54) is 4.31 Å². The SMILES string of the molecule is CC(C)CC(CO)NC(C)c1cccc(N2CCCS2(=O)=O)c1. The Balaban J connectivity index is 2.12. The Bertz CT molecular complexity index is 616. The lowest BCUT2D eigenvalue weighted by Gasteiger charge is -2.25. The topological polar surface area (TPSA) is 69.6 Å². The van der Waals surface area contributed by atoms with Crippen LogP contribution in [0.1, 0.15) is 45.2 Å². The quantitative estimate of drug-likeness (QED) is 0.799. The Morgan fingerprint density at radius 1 is 1.30 bits per heavy atom. The number of nitrogens with one attached hydrogen (secondary N) is 1. The standard InChI is InChI=1S/C17H28N2O3S/c1-13(2)10-16(12-20)18-14(3)15-6-4-7-17(11-15)19-8-5-9-23(19,21)22/h4,6-7,11,13-14,16,18,20H,5,8-10,12H2,1-3H3. The molecule has 0 bridgehead atoms. The monoisotopic (exact) mass is 340 g/mol. The van der Waals surface area contributed by atoms with Crippen molar-refractivity contribution in [3.63, 3.8) is 0 Å². The fraction of sp³-hybridized carbons (Fsp3) is 0.647. The van der Waals surface area contributed by atoms with E-state index in [9.17, 15) is 13.5 Å². The van der Waals surface area contributed by atoms with Crippen LogP contribution in [0.3, 0.4) is 0 Å². The molecule has 0 saturated carbocycles. The zero-order chi connectivity index (χ0) is 17.0. The summed E-state index contributed by atoms with van der Waals surface area (Å²) >= 11 is 0. The van der Waals surface area contributed by atoms with Gasteiger partial charge in [-0.3, -0.25) is 4.31 Å². The first kappa shape index (κ1) is 18.2. The maximum absolute atomic E-state index is 12.1. The molecular weight excluding hydrogens is 312 g/mol. The van der Waals surface area contributed by atoms with Crippen molar-refractivity contribution < 1.29 is 13.5 Å². The zero-order valence-corrected chi connectivity index (χ0v) is 15.0. The normalized spacial score (nSPS) is 20.0. The van der Waals surface area contributed by atoms with E-state index in [1.54, 1.807) is 0 Å². The molecule has 2 unspecified atom stereocenters. The highest BCUT2D eigenvalue weighted by molar-refractivity contribution is 7.93. The third kappa shape index (κ3) is 4.68. The Kier molecular flexibility index (Phi) is 6.06. The third-order valence-corrected chi connectivity index (χ3v) is 6.09. The van der Waals surface area contributed by atoms with Crippen LogP contribution in [0.5, 0.6) is 0 Å². The van der Waals surface area contributed by atoms with Crippen molar-refractivity contribution in [2.75, 3.05) is 23.2 Å². The maximum atomic E-state index is 12.1. The van der Waals surface area contributed by atoms with Crippen molar-refractivity contribution in [1.82, 2.24) is 5.32 Å². The minimum absolute atomic E-state index is 0.0455. The molecule has 2 atom stereocenters. The van der Waals surface area contributed by atoms with Crippen LogP contribution in [0.4, 0.5) is 5.69 Å². The molecule has 130 valence electrons. The number of aliphatic hydroxyl groups is 1. The largest absolute Gasteiger partial charge is 0.395 e. The van der Waals surface area contributed by atoms with Crippen LogP contribution in [0.15, 0.2) is 24.3 Å². The molecule has 1 heterocycles. The fourth-order valence-electron chi connectivity index (χ4n) is 3.09. The van der Waals surface area contributed by atoms with E-state index in [1.807, 2.05) is 31.2 Å². The highest BCUT2D eigenvalue weighted by Gasteiger charge is 2.28. The van der Waals surface area contributed by atoms with Gasteiger partial charge in [0.2, 0.25) is 10.0 Å². The molecule has 1 aliphatic heterocycles. The predicted molar refractivity (Wildman–Crippen MR) is 94.1 cm³/mol. The van der Waals surface area contributed by atoms with Gasteiger partial charge in [0.05, 0.1) is 18.0 Å². The van der Waals surface area contributed by atoms with Gasteiger partial charge in [0.1, 0.15) is 0 Å². The first-order chi connectivity index (χ1) is 10.8. The van der Waals surface area contributed by atoms with Crippen LogP contribution in [-0.2, 0) is 10.0 Å². The number of sulfonamides is 1. The Morgan fingerprint density at radius 3 is 2.61 bits per heavy atom. The van der Waals surface area contributed by atoms with Crippen LogP contribution in [-0.4, -0.2) is 38.5 Å². The summed E-state index contributed by atoms with van der Waals surface area (Å²) in [6.45, 7) is 6.96. The molecule has 1 aromatic rings. The summed E-state index contributed by atoms with van der Waals surface area (Å²) < 4.78 is 25.6. The summed E-state index contributed by atoms with van der Waals surface area (Å²) in [6.07, 6.45) is 1.59. The molecule has 1 aromatic carbocycles. The predicted octanol–water partition coefficient (Wildman–Crippen LogP) is 2.28. The van der Waals surface area contributed by atoms with Crippen LogP contribution in [0.25, 0.3) is 0 Å². The lowest BCUT2D eigenvalue weighted by atomic mass is 10.0. The van der Waals surface area contributed by atoms with E-state index >= 15 is 0 Å². The summed E-state index contributed by atoms with van der Waals surface area (Å²) in [5, 5.41) is 13.0. The fourth-order valence-corrected chi connectivity index (χ4v) is 4.65. The van der Waals surface area contributed by atoms with Crippen LogP contribution in [0.2, 0.25) is 0 Å². The van der Waals surface area contributed by atoms with Gasteiger partial charge in [0, 0.05) is 18.6 Å². The van der Waals surface area contributed by atoms with Crippen molar-refractivity contribution in [2.24, 2.45) is 5.92 Å². The Morgan fingerprint density at radius 2 is 2.04 bits per heavy atom. The minimum atomic E-state index is -3.15. The number of hydrogen-bond donors (Lipinski definition) is 2. The van der Waals surface area contributed by atoms with Crippen LogP contribution in [0, 0.1) is 5.92 Å². The number of nitrogens with zero attached hydrogens (tertiary/aromatic N) is 1. The summed E-state index contributed by atoms with van der Waals surface area (Å²) in [4.78, 5) is 0. The highest BCUT2D eigenvalue weighted by atomic mass is 32.2. The van der Waals surface area contributed by atoms with Crippen molar-refractivity contribution in [2.45, 2.75) is 45.7 Å². The van der Waals surface area contributed by atoms with Gasteiger partial charge in [-0.15, -0.1) is 0 Å². The van der Waals surface area contributed by atoms with Crippen molar-refractivity contribution in [3.8, 4) is 0 Å². The molecular formula is C17H28N2O3S. The molecule has 2 N–H and O–H groups in total. The van der Waals surface area contributed by atoms with Gasteiger partial charge in [0.25, 0.3) is 0 Å². The van der Waals surface area contributed by atoms with E-state index in [-0.39, 0.29) is 24.4 Å². The summed E-state index contributed by atoms with van der Waals surface area (Å²) in [6, 6.07) is 7.77. The zero-order valence-electron chi connectivity index (χ0n) is 14.2. The van der Waals surface area contributed by atoms with E-state index in [0.717, 1.165) is 17.7 Å². The molecule has 1 saturated heterocycles. The molecule has 0 amide bonds. The first-order valence-corrected chi connectivity index (χ1v) is 9.91. The maximum Gasteiger partial charge on any atom is 0.235 e. The van der Waals surface area contributed by atoms with E-state index in [4.69, 9.17) is 0 Å². The van der Waals surface area contributed by atoms with Gasteiger partial charge >= 0.3 is 0 Å². The Labute approximate surface area is 139 Å².